The fraction of sp³-hybridized carbons (Fsp3) is 0.500. The molecule has 0 aliphatic carbocycles. The standard InChI is InChI=1S/C12H17N3O2.ClH/c1-9-8-13-5-7-15(9)12(17)10-4-3-6-14(2)11(10)16;/h3-4,6,9,13H,5,7-8H2,1-2H3;1H/t9-;/m0./s1. The van der Waals surface area contributed by atoms with Crippen molar-refractivity contribution in [3.8, 4) is 0 Å². The molecule has 0 radical (unpaired) electrons. The van der Waals surface area contributed by atoms with Gasteiger partial charge in [0, 0.05) is 38.9 Å². The summed E-state index contributed by atoms with van der Waals surface area (Å²) >= 11 is 0. The summed E-state index contributed by atoms with van der Waals surface area (Å²) in [6.45, 7) is 4.19. The van der Waals surface area contributed by atoms with Crippen LogP contribution in [0.3, 0.4) is 0 Å². The van der Waals surface area contributed by atoms with Crippen LogP contribution in [0.2, 0.25) is 0 Å². The molecule has 1 aromatic heterocycles. The third-order valence-electron chi connectivity index (χ3n) is 3.12. The largest absolute Gasteiger partial charge is 0.333 e. The summed E-state index contributed by atoms with van der Waals surface area (Å²) in [6.07, 6.45) is 1.65. The van der Waals surface area contributed by atoms with Crippen molar-refractivity contribution in [2.45, 2.75) is 13.0 Å². The summed E-state index contributed by atoms with van der Waals surface area (Å²) in [5, 5.41) is 3.22. The van der Waals surface area contributed by atoms with Crippen LogP contribution < -0.4 is 10.9 Å². The monoisotopic (exact) mass is 271 g/mol. The molecule has 18 heavy (non-hydrogen) atoms. The van der Waals surface area contributed by atoms with Gasteiger partial charge in [-0.25, -0.2) is 0 Å². The number of hydrogen-bond donors (Lipinski definition) is 1. The number of aromatic nitrogens is 1. The Hall–Kier alpha value is -1.33. The number of piperazine rings is 1. The van der Waals surface area contributed by atoms with Gasteiger partial charge in [0.25, 0.3) is 11.5 Å². The second kappa shape index (κ2) is 6.02. The molecule has 2 rings (SSSR count). The highest BCUT2D eigenvalue weighted by Crippen LogP contribution is 2.07. The van der Waals surface area contributed by atoms with Crippen molar-refractivity contribution in [2.24, 2.45) is 7.05 Å². The van der Waals surface area contributed by atoms with Gasteiger partial charge < -0.3 is 14.8 Å². The van der Waals surface area contributed by atoms with E-state index in [9.17, 15) is 9.59 Å². The van der Waals surface area contributed by atoms with Gasteiger partial charge in [0.05, 0.1) is 0 Å². The normalized spacial score (nSPS) is 19.2. The molecule has 1 saturated heterocycles. The smallest absolute Gasteiger partial charge is 0.263 e. The van der Waals surface area contributed by atoms with Crippen molar-refractivity contribution >= 4 is 18.3 Å². The molecule has 0 unspecified atom stereocenters. The van der Waals surface area contributed by atoms with Crippen molar-refractivity contribution < 1.29 is 4.79 Å². The van der Waals surface area contributed by atoms with E-state index in [4.69, 9.17) is 0 Å². The van der Waals surface area contributed by atoms with Crippen LogP contribution in [-0.2, 0) is 7.05 Å². The van der Waals surface area contributed by atoms with Crippen molar-refractivity contribution in [3.05, 3.63) is 34.2 Å². The number of aryl methyl sites for hydroxylation is 1. The van der Waals surface area contributed by atoms with E-state index in [0.717, 1.165) is 13.1 Å². The summed E-state index contributed by atoms with van der Waals surface area (Å²) in [7, 11) is 1.65. The molecule has 1 N–H and O–H groups in total. The average Bonchev–Trinajstić information content (AvgIpc) is 2.32. The third kappa shape index (κ3) is 2.73. The number of hydrogen-bond acceptors (Lipinski definition) is 3. The first kappa shape index (κ1) is 14.7. The highest BCUT2D eigenvalue weighted by molar-refractivity contribution is 5.94. The minimum atomic E-state index is -0.233. The molecule has 0 saturated carbocycles. The number of pyridine rings is 1. The fourth-order valence-electron chi connectivity index (χ4n) is 2.06. The van der Waals surface area contributed by atoms with Gasteiger partial charge in [-0.3, -0.25) is 9.59 Å². The zero-order chi connectivity index (χ0) is 12.4. The van der Waals surface area contributed by atoms with E-state index in [-0.39, 0.29) is 35.5 Å². The van der Waals surface area contributed by atoms with E-state index < -0.39 is 0 Å². The highest BCUT2D eigenvalue weighted by Gasteiger charge is 2.25. The van der Waals surface area contributed by atoms with E-state index in [1.165, 1.54) is 4.57 Å². The lowest BCUT2D eigenvalue weighted by Gasteiger charge is -2.33. The minimum Gasteiger partial charge on any atom is -0.333 e. The maximum absolute atomic E-state index is 12.3. The lowest BCUT2D eigenvalue weighted by molar-refractivity contribution is 0.0653. The predicted octanol–water partition coefficient (Wildman–Crippen LogP) is 0.241. The Morgan fingerprint density at radius 1 is 1.50 bits per heavy atom. The number of amides is 1. The van der Waals surface area contributed by atoms with Crippen LogP contribution in [0.15, 0.2) is 23.1 Å². The SMILES string of the molecule is C[C@H]1CNCCN1C(=O)c1cccn(C)c1=O.Cl. The van der Waals surface area contributed by atoms with Gasteiger partial charge in [-0.15, -0.1) is 12.4 Å². The van der Waals surface area contributed by atoms with E-state index in [0.29, 0.717) is 6.54 Å². The zero-order valence-corrected chi connectivity index (χ0v) is 11.4. The van der Waals surface area contributed by atoms with Crippen LogP contribution in [0.25, 0.3) is 0 Å². The van der Waals surface area contributed by atoms with Crippen molar-refractivity contribution in [1.82, 2.24) is 14.8 Å². The Bertz CT molecular complexity index is 486. The Kier molecular flexibility index (Phi) is 4.93. The molecule has 1 aliphatic heterocycles. The van der Waals surface area contributed by atoms with E-state index in [1.54, 1.807) is 30.3 Å². The minimum absolute atomic E-state index is 0. The van der Waals surface area contributed by atoms with Gasteiger partial charge in [0.15, 0.2) is 0 Å². The molecule has 0 aromatic carbocycles. The molecule has 0 bridgehead atoms. The molecule has 1 fully saturated rings. The van der Waals surface area contributed by atoms with Gasteiger partial charge in [-0.1, -0.05) is 0 Å². The van der Waals surface area contributed by atoms with Gasteiger partial charge in [-0.05, 0) is 19.1 Å². The lowest BCUT2D eigenvalue weighted by atomic mass is 10.1. The fourth-order valence-corrected chi connectivity index (χ4v) is 2.06. The summed E-state index contributed by atoms with van der Waals surface area (Å²) in [5.41, 5.74) is 0.0204. The summed E-state index contributed by atoms with van der Waals surface area (Å²) < 4.78 is 1.43. The molecule has 1 aliphatic rings. The van der Waals surface area contributed by atoms with Gasteiger partial charge in [0.1, 0.15) is 5.56 Å². The Morgan fingerprint density at radius 3 is 2.89 bits per heavy atom. The quantitative estimate of drug-likeness (QED) is 0.796. The second-order valence-electron chi connectivity index (χ2n) is 4.39. The Labute approximate surface area is 112 Å². The highest BCUT2D eigenvalue weighted by atomic mass is 35.5. The maximum atomic E-state index is 12.3. The molecule has 1 amide bonds. The number of nitrogens with zero attached hydrogens (tertiary/aromatic N) is 2. The topological polar surface area (TPSA) is 54.3 Å². The number of carbonyl (C=O) groups is 1. The zero-order valence-electron chi connectivity index (χ0n) is 10.5. The molecular weight excluding hydrogens is 254 g/mol. The van der Waals surface area contributed by atoms with Crippen LogP contribution >= 0.6 is 12.4 Å². The molecule has 100 valence electrons. The maximum Gasteiger partial charge on any atom is 0.263 e. The lowest BCUT2D eigenvalue weighted by Crippen LogP contribution is -2.53. The van der Waals surface area contributed by atoms with E-state index in [1.807, 2.05) is 6.92 Å². The number of halogens is 1. The molecule has 1 atom stereocenters. The third-order valence-corrected chi connectivity index (χ3v) is 3.12. The number of carbonyl (C=O) groups excluding carboxylic acids is 1. The van der Waals surface area contributed by atoms with Gasteiger partial charge >= 0.3 is 0 Å². The predicted molar refractivity (Wildman–Crippen MR) is 72.3 cm³/mol. The molecule has 0 spiro atoms. The van der Waals surface area contributed by atoms with Gasteiger partial charge in [0.2, 0.25) is 0 Å². The van der Waals surface area contributed by atoms with Crippen LogP contribution in [-0.4, -0.2) is 41.1 Å². The Morgan fingerprint density at radius 2 is 2.22 bits per heavy atom. The molecular formula is C12H18ClN3O2. The first-order valence-electron chi connectivity index (χ1n) is 5.78. The first-order chi connectivity index (χ1) is 8.11. The molecule has 1 aromatic rings. The Balaban J connectivity index is 0.00000162. The second-order valence-corrected chi connectivity index (χ2v) is 4.39. The molecule has 2 heterocycles. The molecule has 6 heteroatoms. The van der Waals surface area contributed by atoms with E-state index in [2.05, 4.69) is 5.32 Å². The number of rotatable bonds is 1. The van der Waals surface area contributed by atoms with Gasteiger partial charge in [-0.2, -0.15) is 0 Å². The van der Waals surface area contributed by atoms with Crippen molar-refractivity contribution in [3.63, 3.8) is 0 Å². The summed E-state index contributed by atoms with van der Waals surface area (Å²) in [6, 6.07) is 3.45. The summed E-state index contributed by atoms with van der Waals surface area (Å²) in [4.78, 5) is 25.9. The van der Waals surface area contributed by atoms with Crippen LogP contribution in [0.1, 0.15) is 17.3 Å². The van der Waals surface area contributed by atoms with Crippen LogP contribution in [0, 0.1) is 0 Å². The molecule has 5 nitrogen and oxygen atoms in total. The van der Waals surface area contributed by atoms with E-state index >= 15 is 0 Å². The summed E-state index contributed by atoms with van der Waals surface area (Å²) in [5.74, 6) is -0.166. The average molecular weight is 272 g/mol. The van der Waals surface area contributed by atoms with Crippen molar-refractivity contribution in [2.75, 3.05) is 19.6 Å². The van der Waals surface area contributed by atoms with Crippen LogP contribution in [0.5, 0.6) is 0 Å². The van der Waals surface area contributed by atoms with Crippen LogP contribution in [0.4, 0.5) is 0 Å². The number of nitrogens with one attached hydrogen (secondary N) is 1. The van der Waals surface area contributed by atoms with Crippen molar-refractivity contribution in [1.29, 1.82) is 0 Å². The first-order valence-corrected chi connectivity index (χ1v) is 5.78.